The highest BCUT2D eigenvalue weighted by Crippen LogP contribution is 2.38. The van der Waals surface area contributed by atoms with Crippen molar-refractivity contribution < 1.29 is 56.8 Å². The van der Waals surface area contributed by atoms with Crippen LogP contribution in [0.15, 0.2) is 71.8 Å². The van der Waals surface area contributed by atoms with E-state index in [9.17, 15) is 28.8 Å². The predicted molar refractivity (Wildman–Crippen MR) is 276 cm³/mol. The fourth-order valence-electron chi connectivity index (χ4n) is 8.43. The first-order valence-electron chi connectivity index (χ1n) is 25.0. The van der Waals surface area contributed by atoms with Gasteiger partial charge >= 0.3 is 0 Å². The predicted octanol–water partition coefficient (Wildman–Crippen LogP) is 4.70. The van der Waals surface area contributed by atoms with E-state index < -0.39 is 29.7 Å². The van der Waals surface area contributed by atoms with Crippen molar-refractivity contribution in [3.8, 4) is 22.3 Å². The number of hydrogen-bond acceptors (Lipinski definition) is 16. The number of aryl methyl sites for hydroxylation is 1. The van der Waals surface area contributed by atoms with E-state index in [4.69, 9.17) is 29.4 Å². The second kappa shape index (κ2) is 28.4. The lowest BCUT2D eigenvalue weighted by atomic mass is 9.96. The molecule has 0 bridgehead atoms. The third-order valence-electron chi connectivity index (χ3n) is 12.5. The van der Waals surface area contributed by atoms with Crippen molar-refractivity contribution in [2.24, 2.45) is 0 Å². The highest BCUT2D eigenvalue weighted by atomic mass is 32.2. The Bertz CT molecular complexity index is 2600. The van der Waals surface area contributed by atoms with Crippen LogP contribution in [-0.4, -0.2) is 154 Å². The normalized spacial score (nSPS) is 15.4. The van der Waals surface area contributed by atoms with Crippen molar-refractivity contribution in [1.29, 1.82) is 0 Å². The zero-order valence-electron chi connectivity index (χ0n) is 41.6. The molecule has 3 aliphatic rings. The van der Waals surface area contributed by atoms with Crippen LogP contribution in [0.2, 0.25) is 0 Å². The fraction of sp³-hybridized carbons (Fsp3) is 0.453. The molecule has 1 atom stereocenters. The summed E-state index contributed by atoms with van der Waals surface area (Å²) in [5, 5.41) is 11.0. The number of nitrogens with one attached hydrogen (secondary N) is 4. The lowest BCUT2D eigenvalue weighted by Gasteiger charge is -2.27. The first kappa shape index (κ1) is 55.4. The Balaban J connectivity index is 0.675. The molecule has 1 saturated heterocycles. The highest BCUT2D eigenvalue weighted by molar-refractivity contribution is 7.97. The lowest BCUT2D eigenvalue weighted by molar-refractivity contribution is -0.136. The van der Waals surface area contributed by atoms with Crippen molar-refractivity contribution in [2.45, 2.75) is 68.8 Å². The van der Waals surface area contributed by atoms with E-state index >= 15 is 4.39 Å². The van der Waals surface area contributed by atoms with Gasteiger partial charge in [-0.25, -0.2) is 13.7 Å². The Morgan fingerprint density at radius 3 is 2.23 bits per heavy atom. The number of anilines is 2. The van der Waals surface area contributed by atoms with Crippen molar-refractivity contribution in [3.05, 3.63) is 94.9 Å². The van der Waals surface area contributed by atoms with E-state index in [1.165, 1.54) is 11.9 Å². The summed E-state index contributed by atoms with van der Waals surface area (Å²) < 4.78 is 45.8. The maximum absolute atomic E-state index is 15.7. The molecule has 1 saturated carbocycles. The first-order valence-corrected chi connectivity index (χ1v) is 25.8. The zero-order chi connectivity index (χ0) is 52.2. The first-order chi connectivity index (χ1) is 36.0. The molecule has 6 amide bonds. The Morgan fingerprint density at radius 2 is 1.54 bits per heavy atom. The van der Waals surface area contributed by atoms with Crippen LogP contribution in [0, 0.1) is 12.7 Å². The van der Waals surface area contributed by atoms with Crippen LogP contribution >= 0.6 is 11.9 Å². The number of carbonyl (C=O) groups excluding carboxylic acids is 6. The van der Waals surface area contributed by atoms with Gasteiger partial charge in [0.1, 0.15) is 17.7 Å². The van der Waals surface area contributed by atoms with Gasteiger partial charge in [0, 0.05) is 78.5 Å². The molecule has 6 N–H and O–H groups in total. The molecule has 21 heteroatoms. The van der Waals surface area contributed by atoms with Gasteiger partial charge in [-0.15, -0.1) is 0 Å². The molecular formula is C53H65FN8O11S. The maximum Gasteiger partial charge on any atom is 0.264 e. The number of aromatic nitrogens is 1. The van der Waals surface area contributed by atoms with E-state index in [1.807, 2.05) is 37.3 Å². The Morgan fingerprint density at radius 1 is 0.824 bits per heavy atom. The number of rotatable bonds is 33. The summed E-state index contributed by atoms with van der Waals surface area (Å²) in [4.78, 5) is 79.5. The van der Waals surface area contributed by atoms with Crippen LogP contribution in [-0.2, 0) is 49.3 Å². The maximum atomic E-state index is 15.7. The van der Waals surface area contributed by atoms with E-state index in [0.717, 1.165) is 52.3 Å². The number of hydrogen-bond donors (Lipinski definition) is 5. The van der Waals surface area contributed by atoms with Gasteiger partial charge in [-0.1, -0.05) is 30.3 Å². The number of fused-ring (bicyclic) bond motifs is 1. The minimum absolute atomic E-state index is 0.0528. The Hall–Kier alpha value is -6.33. The summed E-state index contributed by atoms with van der Waals surface area (Å²) in [6.45, 7) is 7.73. The van der Waals surface area contributed by atoms with Crippen LogP contribution in [0.1, 0.15) is 70.4 Å². The standard InChI is InChI=1S/C53H65FN8O11S/c1-35-6-7-37(30-36(35)14-17-56-34-63)43-31-38(33-59-50(43)55)41-11-10-40(32-44(41)54)74-61(39-8-9-39)19-3-16-58-47(64)15-20-69-22-24-71-26-28-73-29-27-72-25-23-70-21-18-57-45-5-2-4-42-49(45)53(68)62(52(42)67)46-12-13-48(65)60-51(46)66/h2,4-7,10-11,30-34,39,46,57H,3,8-9,12-29H2,1H3,(H2,55,59)(H,56,63)(H,58,64)(H,60,65,66). The molecule has 3 aromatic carbocycles. The number of amides is 6. The molecule has 4 aromatic rings. The number of nitrogens with two attached hydrogens (primary N) is 1. The average molecular weight is 1040 g/mol. The summed E-state index contributed by atoms with van der Waals surface area (Å²) in [6.07, 6.45) is 6.22. The number of ether oxygens (including phenoxy) is 5. The van der Waals surface area contributed by atoms with Crippen LogP contribution in [0.4, 0.5) is 15.9 Å². The van der Waals surface area contributed by atoms with E-state index in [2.05, 4.69) is 30.6 Å². The molecule has 1 aliphatic carbocycles. The van der Waals surface area contributed by atoms with E-state index in [0.29, 0.717) is 126 Å². The van der Waals surface area contributed by atoms with Crippen molar-refractivity contribution in [3.63, 3.8) is 0 Å². The second-order valence-corrected chi connectivity index (χ2v) is 19.0. The summed E-state index contributed by atoms with van der Waals surface area (Å²) in [5.41, 5.74) is 12.0. The van der Waals surface area contributed by atoms with Gasteiger partial charge in [0.15, 0.2) is 0 Å². The van der Waals surface area contributed by atoms with Crippen LogP contribution < -0.4 is 27.0 Å². The van der Waals surface area contributed by atoms with Crippen molar-refractivity contribution >= 4 is 59.4 Å². The van der Waals surface area contributed by atoms with E-state index in [1.54, 1.807) is 36.5 Å². The molecule has 19 nitrogen and oxygen atoms in total. The minimum atomic E-state index is -1.03. The molecular weight excluding hydrogens is 976 g/mol. The number of piperidine rings is 1. The molecule has 74 heavy (non-hydrogen) atoms. The smallest absolute Gasteiger partial charge is 0.264 e. The van der Waals surface area contributed by atoms with Crippen molar-refractivity contribution in [2.75, 3.05) is 103 Å². The molecule has 2 fully saturated rings. The SMILES string of the molecule is Cc1ccc(-c2cc(-c3ccc(SN(CCCNC(=O)CCOCCOCCOCCOCCOCCNc4cccc5c4C(=O)N(C4CCC(=O)NC4=O)C5=O)C4CC4)cc3F)cnc2N)cc1CCNC=O. The third-order valence-corrected chi connectivity index (χ3v) is 13.7. The molecule has 1 unspecified atom stereocenters. The summed E-state index contributed by atoms with van der Waals surface area (Å²) >= 11 is 1.53. The summed E-state index contributed by atoms with van der Waals surface area (Å²) in [7, 11) is 0. The number of pyridine rings is 1. The quantitative estimate of drug-likeness (QED) is 0.0188. The Labute approximate surface area is 434 Å². The van der Waals surface area contributed by atoms with Gasteiger partial charge in [0.05, 0.1) is 77.2 Å². The molecule has 7 rings (SSSR count). The monoisotopic (exact) mass is 1040 g/mol. The van der Waals surface area contributed by atoms with Crippen LogP contribution in [0.5, 0.6) is 0 Å². The molecule has 3 heterocycles. The topological polar surface area (TPSA) is 242 Å². The number of benzene rings is 3. The fourth-order valence-corrected chi connectivity index (χ4v) is 9.57. The molecule has 396 valence electrons. The number of imide groups is 2. The molecule has 0 radical (unpaired) electrons. The van der Waals surface area contributed by atoms with Gasteiger partial charge < -0.3 is 45.4 Å². The molecule has 0 spiro atoms. The summed E-state index contributed by atoms with van der Waals surface area (Å²) in [5.74, 6) is -2.31. The zero-order valence-corrected chi connectivity index (χ0v) is 42.4. The lowest BCUT2D eigenvalue weighted by Crippen LogP contribution is -2.54. The summed E-state index contributed by atoms with van der Waals surface area (Å²) in [6, 6.07) is 17.4. The molecule has 1 aromatic heterocycles. The van der Waals surface area contributed by atoms with Gasteiger partial charge in [0.2, 0.25) is 24.1 Å². The average Bonchev–Trinajstić information content (AvgIpc) is 4.21. The number of halogens is 1. The minimum Gasteiger partial charge on any atom is -0.383 e. The van der Waals surface area contributed by atoms with Crippen molar-refractivity contribution in [1.82, 2.24) is 30.1 Å². The number of nitrogens with zero attached hydrogens (tertiary/aromatic N) is 3. The van der Waals surface area contributed by atoms with Crippen LogP contribution in [0.25, 0.3) is 22.3 Å². The Kier molecular flexibility index (Phi) is 21.2. The molecule has 2 aliphatic heterocycles. The largest absolute Gasteiger partial charge is 0.383 e. The van der Waals surface area contributed by atoms with Gasteiger partial charge in [-0.3, -0.25) is 39.0 Å². The van der Waals surface area contributed by atoms with Crippen LogP contribution in [0.3, 0.4) is 0 Å². The number of nitrogen functional groups attached to an aromatic ring is 1. The van der Waals surface area contributed by atoms with E-state index in [-0.39, 0.29) is 48.7 Å². The third kappa shape index (κ3) is 15.8. The number of carbonyl (C=O) groups is 6. The van der Waals surface area contributed by atoms with Gasteiger partial charge in [-0.05, 0) is 98.0 Å². The second-order valence-electron chi connectivity index (χ2n) is 17.8. The van der Waals surface area contributed by atoms with Gasteiger partial charge in [0.25, 0.3) is 11.8 Å². The van der Waals surface area contributed by atoms with Gasteiger partial charge in [-0.2, -0.15) is 0 Å². The highest BCUT2D eigenvalue weighted by Gasteiger charge is 2.45.